The molecule has 4 aliphatic rings. The third-order valence-electron chi connectivity index (χ3n) is 8.68. The smallest absolute Gasteiger partial charge is 0.295 e. The summed E-state index contributed by atoms with van der Waals surface area (Å²) >= 11 is 0. The fourth-order valence-corrected chi connectivity index (χ4v) is 6.77. The van der Waals surface area contributed by atoms with Crippen molar-refractivity contribution in [2.75, 3.05) is 0 Å². The van der Waals surface area contributed by atoms with Crippen LogP contribution in [0.2, 0.25) is 11.6 Å². The van der Waals surface area contributed by atoms with Crippen LogP contribution < -0.4 is 11.0 Å². The Morgan fingerprint density at radius 3 is 2.55 bits per heavy atom. The van der Waals surface area contributed by atoms with Crippen molar-refractivity contribution < 1.29 is 9.59 Å². The Labute approximate surface area is 182 Å². The van der Waals surface area contributed by atoms with Crippen molar-refractivity contribution in [1.29, 1.82) is 0 Å². The monoisotopic (exact) mass is 418 g/mol. The van der Waals surface area contributed by atoms with E-state index in [0.29, 0.717) is 17.7 Å². The lowest BCUT2D eigenvalue weighted by Crippen LogP contribution is -2.44. The van der Waals surface area contributed by atoms with E-state index < -0.39 is 6.04 Å². The van der Waals surface area contributed by atoms with Gasteiger partial charge in [0.1, 0.15) is 13.3 Å². The molecular formula is C24H29BN3O3. The maximum atomic E-state index is 13.0. The molecule has 2 amide bonds. The predicted molar refractivity (Wildman–Crippen MR) is 119 cm³/mol. The van der Waals surface area contributed by atoms with Crippen LogP contribution in [0.4, 0.5) is 0 Å². The highest BCUT2D eigenvalue weighted by molar-refractivity contribution is 6.56. The zero-order valence-corrected chi connectivity index (χ0v) is 18.1. The summed E-state index contributed by atoms with van der Waals surface area (Å²) in [5.41, 5.74) is 2.78. The van der Waals surface area contributed by atoms with Crippen LogP contribution in [0.3, 0.4) is 0 Å². The van der Waals surface area contributed by atoms with Crippen LogP contribution in [-0.4, -0.2) is 28.2 Å². The number of piperidine rings is 1. The fraction of sp³-hybridized carbons (Fsp3) is 0.625. The molecule has 5 atom stereocenters. The summed E-state index contributed by atoms with van der Waals surface area (Å²) in [4.78, 5) is 37.0. The van der Waals surface area contributed by atoms with Crippen molar-refractivity contribution in [3.63, 3.8) is 0 Å². The lowest BCUT2D eigenvalue weighted by molar-refractivity contribution is -0.135. The SMILES string of the molecule is Cn1c(=O)n(C2CCC(=O)NC2=O)c2ccc(C3CCCCC4C(CC3)C43[B]C3)cc21. The number of rotatable bonds is 2. The molecule has 31 heavy (non-hydrogen) atoms. The second kappa shape index (κ2) is 6.85. The number of aromatic nitrogens is 2. The maximum Gasteiger partial charge on any atom is 0.329 e. The number of carbonyl (C=O) groups excluding carboxylic acids is 2. The molecule has 2 aliphatic carbocycles. The van der Waals surface area contributed by atoms with Crippen molar-refractivity contribution in [1.82, 2.24) is 14.5 Å². The molecule has 1 N–H and O–H groups in total. The lowest BCUT2D eigenvalue weighted by Gasteiger charge is -2.22. The molecular weight excluding hydrogens is 389 g/mol. The van der Waals surface area contributed by atoms with E-state index in [1.165, 1.54) is 50.4 Å². The van der Waals surface area contributed by atoms with Gasteiger partial charge in [0.25, 0.3) is 0 Å². The molecule has 2 aliphatic heterocycles. The maximum absolute atomic E-state index is 13.0. The molecule has 2 saturated carbocycles. The van der Waals surface area contributed by atoms with Gasteiger partial charge in [-0.1, -0.05) is 37.0 Å². The Hall–Kier alpha value is -2.31. The van der Waals surface area contributed by atoms with Crippen LogP contribution in [0.1, 0.15) is 68.9 Å². The number of benzene rings is 1. The Morgan fingerprint density at radius 2 is 1.77 bits per heavy atom. The zero-order chi connectivity index (χ0) is 21.3. The largest absolute Gasteiger partial charge is 0.329 e. The Kier molecular flexibility index (Phi) is 4.28. The third-order valence-corrected chi connectivity index (χ3v) is 8.68. The van der Waals surface area contributed by atoms with E-state index in [2.05, 4.69) is 24.7 Å². The van der Waals surface area contributed by atoms with Gasteiger partial charge in [0, 0.05) is 13.5 Å². The predicted octanol–water partition coefficient (Wildman–Crippen LogP) is 3.30. The average Bonchev–Trinajstić information content (AvgIpc) is 3.64. The molecule has 6 nitrogen and oxygen atoms in total. The van der Waals surface area contributed by atoms with E-state index in [9.17, 15) is 14.4 Å². The Morgan fingerprint density at radius 1 is 1.00 bits per heavy atom. The van der Waals surface area contributed by atoms with Gasteiger partial charge in [0.15, 0.2) is 0 Å². The fourth-order valence-electron chi connectivity index (χ4n) is 6.77. The summed E-state index contributed by atoms with van der Waals surface area (Å²) < 4.78 is 3.23. The van der Waals surface area contributed by atoms with Crippen molar-refractivity contribution in [2.45, 2.75) is 75.0 Å². The Bertz CT molecular complexity index is 1140. The molecule has 1 radical (unpaired) electrons. The number of nitrogens with one attached hydrogen (secondary N) is 1. The third kappa shape index (κ3) is 2.95. The van der Waals surface area contributed by atoms with Crippen molar-refractivity contribution in [3.8, 4) is 0 Å². The van der Waals surface area contributed by atoms with Crippen LogP contribution in [0.25, 0.3) is 11.0 Å². The minimum atomic E-state index is -0.623. The van der Waals surface area contributed by atoms with E-state index >= 15 is 0 Å². The molecule has 0 bridgehead atoms. The molecule has 3 heterocycles. The number of imidazole rings is 1. The first-order valence-electron chi connectivity index (χ1n) is 11.9. The number of amides is 2. The number of hydrogen-bond donors (Lipinski definition) is 1. The first kappa shape index (κ1) is 19.4. The number of hydrogen-bond acceptors (Lipinski definition) is 3. The van der Waals surface area contributed by atoms with Gasteiger partial charge in [-0.05, 0) is 61.1 Å². The van der Waals surface area contributed by atoms with Crippen LogP contribution in [-0.2, 0) is 16.6 Å². The second-order valence-corrected chi connectivity index (χ2v) is 10.2. The van der Waals surface area contributed by atoms with E-state index in [4.69, 9.17) is 0 Å². The van der Waals surface area contributed by atoms with Crippen LogP contribution in [0.15, 0.2) is 23.0 Å². The number of imide groups is 1. The summed E-state index contributed by atoms with van der Waals surface area (Å²) in [5.74, 6) is 1.76. The standard InChI is InChI=1S/C24H29BN3O3/c1-27-20-12-15(14-4-2-3-5-16-17(8-6-14)24(16)13-25-24)7-9-18(20)28(23(27)31)19-10-11-21(29)26-22(19)30/h7,9,12,14,16-17,19H,2-6,8,10-11,13H2,1H3,(H,26,29,30). The summed E-state index contributed by atoms with van der Waals surface area (Å²) in [6.45, 7) is 0. The molecule has 5 unspecified atom stereocenters. The first-order chi connectivity index (χ1) is 15.0. The van der Waals surface area contributed by atoms with E-state index in [-0.39, 0.29) is 23.9 Å². The molecule has 2 aromatic rings. The molecule has 1 spiro atoms. The molecule has 2 saturated heterocycles. The average molecular weight is 418 g/mol. The van der Waals surface area contributed by atoms with Gasteiger partial charge in [-0.3, -0.25) is 24.0 Å². The van der Waals surface area contributed by atoms with Crippen molar-refractivity contribution in [2.24, 2.45) is 18.9 Å². The lowest BCUT2D eigenvalue weighted by atomic mass is 9.87. The molecule has 1 aromatic heterocycles. The number of aryl methyl sites for hydroxylation is 1. The highest BCUT2D eigenvalue weighted by Gasteiger charge is 2.69. The van der Waals surface area contributed by atoms with Gasteiger partial charge in [0.2, 0.25) is 11.8 Å². The number of carbonyl (C=O) groups is 2. The van der Waals surface area contributed by atoms with Crippen LogP contribution in [0, 0.1) is 11.8 Å². The summed E-state index contributed by atoms with van der Waals surface area (Å²) in [6, 6.07) is 5.72. The molecule has 1 aromatic carbocycles. The zero-order valence-electron chi connectivity index (χ0n) is 18.1. The van der Waals surface area contributed by atoms with E-state index in [1.54, 1.807) is 16.2 Å². The van der Waals surface area contributed by atoms with Gasteiger partial charge in [-0.2, -0.15) is 0 Å². The highest BCUT2D eigenvalue weighted by Crippen LogP contribution is 2.80. The van der Waals surface area contributed by atoms with Gasteiger partial charge in [0.05, 0.1) is 11.0 Å². The molecule has 161 valence electrons. The van der Waals surface area contributed by atoms with Gasteiger partial charge in [-0.25, -0.2) is 4.79 Å². The molecule has 7 heteroatoms. The second-order valence-electron chi connectivity index (χ2n) is 10.2. The minimum absolute atomic E-state index is 0.192. The summed E-state index contributed by atoms with van der Waals surface area (Å²) in [6.07, 6.45) is 9.74. The summed E-state index contributed by atoms with van der Waals surface area (Å²) in [7, 11) is 4.33. The summed E-state index contributed by atoms with van der Waals surface area (Å²) in [5, 5.41) is 3.02. The van der Waals surface area contributed by atoms with Crippen molar-refractivity contribution in [3.05, 3.63) is 34.2 Å². The van der Waals surface area contributed by atoms with Crippen LogP contribution >= 0.6 is 0 Å². The van der Waals surface area contributed by atoms with E-state index in [0.717, 1.165) is 22.9 Å². The molecule has 6 rings (SSSR count). The van der Waals surface area contributed by atoms with Crippen LogP contribution in [0.5, 0.6) is 0 Å². The normalized spacial score (nSPS) is 35.0. The minimum Gasteiger partial charge on any atom is -0.295 e. The van der Waals surface area contributed by atoms with E-state index in [1.807, 2.05) is 6.07 Å². The number of nitrogens with zero attached hydrogens (tertiary/aromatic N) is 2. The molecule has 4 fully saturated rings. The van der Waals surface area contributed by atoms with Gasteiger partial charge in [-0.15, -0.1) is 0 Å². The quantitative estimate of drug-likeness (QED) is 0.601. The Balaban J connectivity index is 1.31. The van der Waals surface area contributed by atoms with Crippen molar-refractivity contribution >= 4 is 30.1 Å². The highest BCUT2D eigenvalue weighted by atomic mass is 16.2. The number of fused-ring (bicyclic) bond motifs is 4. The van der Waals surface area contributed by atoms with Gasteiger partial charge < -0.3 is 0 Å². The first-order valence-corrected chi connectivity index (χ1v) is 11.9. The topological polar surface area (TPSA) is 73.1 Å². The van der Waals surface area contributed by atoms with Gasteiger partial charge >= 0.3 is 5.69 Å².